The summed E-state index contributed by atoms with van der Waals surface area (Å²) in [6.45, 7) is 2.23. The highest BCUT2D eigenvalue weighted by atomic mass is 35.5. The van der Waals surface area contributed by atoms with Gasteiger partial charge in [0.25, 0.3) is 0 Å². The standard InChI is InChI=1S/C16H22N2O5.ClH/c1-21-13-3-4-14(22-2)15-10(13)7-18(8-12(15)19)16(20)11-9-23-6-5-17-11;/h3-4,11-12,17,19H,5-9H2,1-2H3;1H. The van der Waals surface area contributed by atoms with E-state index in [1.165, 1.54) is 0 Å². The Balaban J connectivity index is 0.00000208. The van der Waals surface area contributed by atoms with E-state index in [9.17, 15) is 9.90 Å². The number of morpholine rings is 1. The van der Waals surface area contributed by atoms with Crippen molar-refractivity contribution in [2.75, 3.05) is 40.5 Å². The zero-order valence-corrected chi connectivity index (χ0v) is 14.6. The van der Waals surface area contributed by atoms with Gasteiger partial charge in [0.15, 0.2) is 0 Å². The number of nitrogens with zero attached hydrogens (tertiary/aromatic N) is 1. The Morgan fingerprint density at radius 2 is 2.04 bits per heavy atom. The van der Waals surface area contributed by atoms with Crippen molar-refractivity contribution in [3.63, 3.8) is 0 Å². The first-order chi connectivity index (χ1) is 11.2. The number of hydrogen-bond acceptors (Lipinski definition) is 6. The van der Waals surface area contributed by atoms with Crippen molar-refractivity contribution in [1.82, 2.24) is 10.2 Å². The maximum atomic E-state index is 12.7. The first kappa shape index (κ1) is 18.8. The summed E-state index contributed by atoms with van der Waals surface area (Å²) in [5.41, 5.74) is 1.49. The highest BCUT2D eigenvalue weighted by molar-refractivity contribution is 5.85. The van der Waals surface area contributed by atoms with Gasteiger partial charge in [-0.2, -0.15) is 0 Å². The van der Waals surface area contributed by atoms with Gasteiger partial charge in [-0.1, -0.05) is 0 Å². The number of carbonyl (C=O) groups is 1. The normalized spacial score (nSPS) is 23.0. The highest BCUT2D eigenvalue weighted by Gasteiger charge is 2.35. The van der Waals surface area contributed by atoms with Gasteiger partial charge in [0, 0.05) is 24.2 Å². The molecule has 0 radical (unpaired) electrons. The molecule has 1 fully saturated rings. The summed E-state index contributed by atoms with van der Waals surface area (Å²) in [6.07, 6.45) is -0.808. The van der Waals surface area contributed by atoms with Crippen LogP contribution in [-0.2, 0) is 16.1 Å². The number of nitrogens with one attached hydrogen (secondary N) is 1. The number of aliphatic hydroxyl groups excluding tert-OH is 1. The molecule has 2 atom stereocenters. The lowest BCUT2D eigenvalue weighted by Gasteiger charge is -2.36. The molecule has 1 aromatic carbocycles. The monoisotopic (exact) mass is 358 g/mol. The molecule has 2 aliphatic rings. The van der Waals surface area contributed by atoms with Crippen LogP contribution in [0.25, 0.3) is 0 Å². The molecule has 2 unspecified atom stereocenters. The number of ether oxygens (including phenoxy) is 3. The lowest BCUT2D eigenvalue weighted by atomic mass is 9.94. The first-order valence-electron chi connectivity index (χ1n) is 7.67. The molecule has 2 aliphatic heterocycles. The Bertz CT molecular complexity index is 592. The number of β-amino-alcohol motifs (C(OH)–C–C–N with tert-alkyl or cyclic N) is 1. The molecule has 0 aromatic heterocycles. The smallest absolute Gasteiger partial charge is 0.242 e. The predicted molar refractivity (Wildman–Crippen MR) is 89.8 cm³/mol. The quantitative estimate of drug-likeness (QED) is 0.818. The molecular formula is C16H23ClN2O5. The van der Waals surface area contributed by atoms with E-state index in [0.717, 1.165) is 5.56 Å². The Hall–Kier alpha value is -1.54. The van der Waals surface area contributed by atoms with Crippen LogP contribution in [-0.4, -0.2) is 62.5 Å². The number of amides is 1. The number of benzene rings is 1. The molecule has 1 amide bonds. The number of aliphatic hydroxyl groups is 1. The SMILES string of the molecule is COc1ccc(OC)c2c1CN(C(=O)C1COCCN1)CC2O.Cl. The Labute approximate surface area is 147 Å². The molecule has 8 heteroatoms. The highest BCUT2D eigenvalue weighted by Crippen LogP contribution is 2.39. The van der Waals surface area contributed by atoms with Crippen molar-refractivity contribution < 1.29 is 24.1 Å². The summed E-state index contributed by atoms with van der Waals surface area (Å²) in [7, 11) is 3.14. The van der Waals surface area contributed by atoms with Crippen LogP contribution in [0.2, 0.25) is 0 Å². The number of rotatable bonds is 3. The minimum Gasteiger partial charge on any atom is -0.496 e. The molecule has 1 saturated heterocycles. The molecule has 0 bridgehead atoms. The van der Waals surface area contributed by atoms with Gasteiger partial charge < -0.3 is 29.5 Å². The van der Waals surface area contributed by atoms with Crippen molar-refractivity contribution in [2.24, 2.45) is 0 Å². The largest absolute Gasteiger partial charge is 0.496 e. The van der Waals surface area contributed by atoms with Gasteiger partial charge in [0.2, 0.25) is 5.91 Å². The fraction of sp³-hybridized carbons (Fsp3) is 0.562. The molecule has 3 rings (SSSR count). The summed E-state index contributed by atoms with van der Waals surface area (Å²) < 4.78 is 16.1. The molecule has 1 aromatic rings. The van der Waals surface area contributed by atoms with E-state index in [-0.39, 0.29) is 30.9 Å². The van der Waals surface area contributed by atoms with Gasteiger partial charge in [0.1, 0.15) is 23.6 Å². The fourth-order valence-electron chi connectivity index (χ4n) is 3.19. The van der Waals surface area contributed by atoms with Crippen LogP contribution in [0.1, 0.15) is 17.2 Å². The summed E-state index contributed by atoms with van der Waals surface area (Å²) in [5.74, 6) is 1.18. The summed E-state index contributed by atoms with van der Waals surface area (Å²) in [4.78, 5) is 14.3. The van der Waals surface area contributed by atoms with Crippen molar-refractivity contribution in [3.05, 3.63) is 23.3 Å². The molecule has 7 nitrogen and oxygen atoms in total. The Morgan fingerprint density at radius 3 is 2.67 bits per heavy atom. The van der Waals surface area contributed by atoms with E-state index in [1.54, 1.807) is 31.3 Å². The van der Waals surface area contributed by atoms with Crippen LogP contribution in [0, 0.1) is 0 Å². The molecule has 2 N–H and O–H groups in total. The van der Waals surface area contributed by atoms with E-state index in [4.69, 9.17) is 14.2 Å². The Kier molecular flexibility index (Phi) is 6.28. The molecular weight excluding hydrogens is 336 g/mol. The third-order valence-electron chi connectivity index (χ3n) is 4.32. The second-order valence-corrected chi connectivity index (χ2v) is 5.68. The lowest BCUT2D eigenvalue weighted by Crippen LogP contribution is -2.53. The molecule has 0 saturated carbocycles. The van der Waals surface area contributed by atoms with Crippen LogP contribution in [0.3, 0.4) is 0 Å². The van der Waals surface area contributed by atoms with Crippen molar-refractivity contribution in [1.29, 1.82) is 0 Å². The lowest BCUT2D eigenvalue weighted by molar-refractivity contribution is -0.139. The maximum Gasteiger partial charge on any atom is 0.242 e. The average Bonchev–Trinajstić information content (AvgIpc) is 2.60. The van der Waals surface area contributed by atoms with Crippen molar-refractivity contribution >= 4 is 18.3 Å². The molecule has 134 valence electrons. The van der Waals surface area contributed by atoms with Gasteiger partial charge in [-0.25, -0.2) is 0 Å². The van der Waals surface area contributed by atoms with Gasteiger partial charge >= 0.3 is 0 Å². The van der Waals surface area contributed by atoms with Crippen LogP contribution in [0.5, 0.6) is 11.5 Å². The van der Waals surface area contributed by atoms with E-state index >= 15 is 0 Å². The zero-order chi connectivity index (χ0) is 16.4. The second-order valence-electron chi connectivity index (χ2n) is 5.68. The third kappa shape index (κ3) is 3.44. The topological polar surface area (TPSA) is 80.3 Å². The van der Waals surface area contributed by atoms with Crippen LogP contribution in [0.4, 0.5) is 0 Å². The maximum absolute atomic E-state index is 12.7. The molecule has 2 heterocycles. The molecule has 0 aliphatic carbocycles. The predicted octanol–water partition coefficient (Wildman–Crippen LogP) is 0.490. The number of halogens is 1. The number of hydrogen-bond donors (Lipinski definition) is 2. The van der Waals surface area contributed by atoms with Gasteiger partial charge in [0.05, 0.1) is 34.0 Å². The zero-order valence-electron chi connectivity index (χ0n) is 13.8. The summed E-state index contributed by atoms with van der Waals surface area (Å²) in [5, 5.41) is 13.7. The van der Waals surface area contributed by atoms with Crippen molar-refractivity contribution in [3.8, 4) is 11.5 Å². The van der Waals surface area contributed by atoms with Gasteiger partial charge in [-0.15, -0.1) is 12.4 Å². The fourth-order valence-corrected chi connectivity index (χ4v) is 3.19. The third-order valence-corrected chi connectivity index (χ3v) is 4.32. The second kappa shape index (κ2) is 8.02. The minimum atomic E-state index is -0.808. The van der Waals surface area contributed by atoms with E-state index in [0.29, 0.717) is 43.4 Å². The van der Waals surface area contributed by atoms with Crippen molar-refractivity contribution in [2.45, 2.75) is 18.7 Å². The van der Waals surface area contributed by atoms with Crippen LogP contribution in [0.15, 0.2) is 12.1 Å². The summed E-state index contributed by atoms with van der Waals surface area (Å²) >= 11 is 0. The molecule has 0 spiro atoms. The van der Waals surface area contributed by atoms with Gasteiger partial charge in [-0.3, -0.25) is 4.79 Å². The van der Waals surface area contributed by atoms with E-state index in [1.807, 2.05) is 0 Å². The Morgan fingerprint density at radius 1 is 1.33 bits per heavy atom. The van der Waals surface area contributed by atoms with Crippen LogP contribution < -0.4 is 14.8 Å². The number of fused-ring (bicyclic) bond motifs is 1. The van der Waals surface area contributed by atoms with Crippen LogP contribution >= 0.6 is 12.4 Å². The average molecular weight is 359 g/mol. The number of methoxy groups -OCH3 is 2. The first-order valence-corrected chi connectivity index (χ1v) is 7.67. The minimum absolute atomic E-state index is 0. The van der Waals surface area contributed by atoms with E-state index in [2.05, 4.69) is 5.32 Å². The molecule has 24 heavy (non-hydrogen) atoms. The van der Waals surface area contributed by atoms with Gasteiger partial charge in [-0.05, 0) is 12.1 Å². The van der Waals surface area contributed by atoms with E-state index < -0.39 is 6.10 Å². The number of carbonyl (C=O) groups excluding carboxylic acids is 1. The summed E-state index contributed by atoms with van der Waals surface area (Å²) in [6, 6.07) is 3.20.